The largest absolute Gasteiger partial charge is 0.353 e. The fourth-order valence-corrected chi connectivity index (χ4v) is 5.22. The molecule has 1 heterocycles. The molecule has 0 bridgehead atoms. The van der Waals surface area contributed by atoms with E-state index in [1.165, 1.54) is 11.8 Å². The molecule has 6 heteroatoms. The van der Waals surface area contributed by atoms with Gasteiger partial charge >= 0.3 is 0 Å². The zero-order valence-corrected chi connectivity index (χ0v) is 13.4. The van der Waals surface area contributed by atoms with E-state index in [-0.39, 0.29) is 0 Å². The second-order valence-electron chi connectivity index (χ2n) is 4.35. The first kappa shape index (κ1) is 14.2. The molecule has 1 unspecified atom stereocenters. The van der Waals surface area contributed by atoms with Crippen LogP contribution >= 0.6 is 27.7 Å². The van der Waals surface area contributed by atoms with E-state index in [1.54, 1.807) is 11.8 Å². The molecular weight excluding hydrogens is 334 g/mol. The number of sulfone groups is 1. The molecule has 2 rings (SSSR count). The van der Waals surface area contributed by atoms with Crippen LogP contribution in [0.25, 0.3) is 0 Å². The number of nitrogens with zero attached hydrogens (tertiary/aromatic N) is 1. The van der Waals surface area contributed by atoms with Crippen LogP contribution in [0.4, 0.5) is 5.69 Å². The van der Waals surface area contributed by atoms with Gasteiger partial charge in [-0.2, -0.15) is 11.8 Å². The Morgan fingerprint density at radius 2 is 2.06 bits per heavy atom. The van der Waals surface area contributed by atoms with E-state index >= 15 is 0 Å². The second kappa shape index (κ2) is 5.84. The Balaban J connectivity index is 2.28. The van der Waals surface area contributed by atoms with Crippen molar-refractivity contribution in [2.75, 3.05) is 29.2 Å². The van der Waals surface area contributed by atoms with Crippen LogP contribution in [0.3, 0.4) is 0 Å². The van der Waals surface area contributed by atoms with Crippen LogP contribution < -0.4 is 4.90 Å². The monoisotopic (exact) mass is 349 g/mol. The summed E-state index contributed by atoms with van der Waals surface area (Å²) in [5, 5.41) is 0.421. The van der Waals surface area contributed by atoms with Gasteiger partial charge in [0.15, 0.2) is 9.84 Å². The van der Waals surface area contributed by atoms with Crippen LogP contribution in [0, 0.1) is 0 Å². The van der Waals surface area contributed by atoms with Crippen molar-refractivity contribution < 1.29 is 8.42 Å². The van der Waals surface area contributed by atoms with Crippen LogP contribution in [0.5, 0.6) is 0 Å². The third kappa shape index (κ3) is 3.22. The molecular formula is C12H16BrNO2S2. The Morgan fingerprint density at radius 1 is 1.39 bits per heavy atom. The van der Waals surface area contributed by atoms with Gasteiger partial charge in [0.05, 0.1) is 0 Å². The lowest BCUT2D eigenvalue weighted by Crippen LogP contribution is -2.47. The van der Waals surface area contributed by atoms with E-state index in [9.17, 15) is 8.42 Å². The number of hydrogen-bond donors (Lipinski definition) is 0. The maximum atomic E-state index is 11.8. The highest BCUT2D eigenvalue weighted by molar-refractivity contribution is 9.08. The first-order chi connectivity index (χ1) is 8.52. The van der Waals surface area contributed by atoms with Gasteiger partial charge in [0.25, 0.3) is 0 Å². The van der Waals surface area contributed by atoms with Gasteiger partial charge in [-0.3, -0.25) is 0 Å². The first-order valence-electron chi connectivity index (χ1n) is 5.70. The minimum atomic E-state index is -3.04. The van der Waals surface area contributed by atoms with Gasteiger partial charge in [0, 0.05) is 35.3 Å². The quantitative estimate of drug-likeness (QED) is 0.785. The molecule has 0 spiro atoms. The molecule has 0 aromatic heterocycles. The van der Waals surface area contributed by atoms with Crippen molar-refractivity contribution >= 4 is 43.2 Å². The molecule has 1 saturated heterocycles. The number of thioether (sulfide) groups is 1. The Morgan fingerprint density at radius 3 is 2.61 bits per heavy atom. The summed E-state index contributed by atoms with van der Waals surface area (Å²) < 4.78 is 23.7. The molecule has 3 nitrogen and oxygen atoms in total. The Hall–Kier alpha value is -0.200. The zero-order chi connectivity index (χ0) is 13.2. The van der Waals surface area contributed by atoms with E-state index < -0.39 is 15.2 Å². The summed E-state index contributed by atoms with van der Waals surface area (Å²) >= 11 is 5.12. The molecule has 0 saturated carbocycles. The topological polar surface area (TPSA) is 37.4 Å². The minimum Gasteiger partial charge on any atom is -0.353 e. The van der Waals surface area contributed by atoms with Gasteiger partial charge in [-0.1, -0.05) is 28.1 Å². The van der Waals surface area contributed by atoms with Gasteiger partial charge in [0.1, 0.15) is 5.37 Å². The van der Waals surface area contributed by atoms with Crippen molar-refractivity contribution in [1.82, 2.24) is 0 Å². The maximum absolute atomic E-state index is 11.8. The molecule has 1 aliphatic rings. The van der Waals surface area contributed by atoms with Crippen molar-refractivity contribution in [2.24, 2.45) is 0 Å². The Labute approximate surface area is 121 Å². The molecule has 0 aliphatic carbocycles. The van der Waals surface area contributed by atoms with Crippen molar-refractivity contribution in [3.63, 3.8) is 0 Å². The van der Waals surface area contributed by atoms with Crippen LogP contribution in [0.1, 0.15) is 5.56 Å². The number of benzene rings is 1. The Kier molecular flexibility index (Phi) is 4.61. The van der Waals surface area contributed by atoms with E-state index in [0.29, 0.717) is 5.75 Å². The average Bonchev–Trinajstić information content (AvgIpc) is 2.38. The molecule has 0 N–H and O–H groups in total. The predicted octanol–water partition coefficient (Wildman–Crippen LogP) is 2.51. The van der Waals surface area contributed by atoms with Gasteiger partial charge in [-0.05, 0) is 17.7 Å². The smallest absolute Gasteiger partial charge is 0.169 e. The lowest BCUT2D eigenvalue weighted by atomic mass is 10.2. The van der Waals surface area contributed by atoms with Gasteiger partial charge < -0.3 is 4.90 Å². The van der Waals surface area contributed by atoms with Crippen molar-refractivity contribution in [2.45, 2.75) is 10.7 Å². The van der Waals surface area contributed by atoms with E-state index in [4.69, 9.17) is 0 Å². The van der Waals surface area contributed by atoms with Crippen LogP contribution in [-0.2, 0) is 15.2 Å². The van der Waals surface area contributed by atoms with E-state index in [1.807, 2.05) is 29.2 Å². The summed E-state index contributed by atoms with van der Waals surface area (Å²) in [5.74, 6) is 1.63. The molecule has 100 valence electrons. The normalized spacial score (nSPS) is 21.0. The highest BCUT2D eigenvalue weighted by Gasteiger charge is 2.30. The van der Waals surface area contributed by atoms with Crippen molar-refractivity contribution in [3.8, 4) is 0 Å². The third-order valence-electron chi connectivity index (χ3n) is 3.00. The lowest BCUT2D eigenvalue weighted by Gasteiger charge is -2.35. The summed E-state index contributed by atoms with van der Waals surface area (Å²) in [6, 6.07) is 8.08. The number of halogens is 1. The van der Waals surface area contributed by atoms with Crippen LogP contribution in [0.2, 0.25) is 0 Å². The minimum absolute atomic E-state index is 0.397. The SMILES string of the molecule is CS(=O)(=O)C1CSCCN1c1ccc(CBr)cc1. The van der Waals surface area contributed by atoms with Crippen molar-refractivity contribution in [3.05, 3.63) is 29.8 Å². The Bertz CT molecular complexity index is 501. The molecule has 1 atom stereocenters. The number of alkyl halides is 1. The first-order valence-corrected chi connectivity index (χ1v) is 9.93. The van der Waals surface area contributed by atoms with Crippen LogP contribution in [0.15, 0.2) is 24.3 Å². The van der Waals surface area contributed by atoms with Crippen molar-refractivity contribution in [1.29, 1.82) is 0 Å². The van der Waals surface area contributed by atoms with E-state index in [0.717, 1.165) is 23.3 Å². The number of rotatable bonds is 3. The summed E-state index contributed by atoms with van der Waals surface area (Å²) in [7, 11) is -3.04. The average molecular weight is 350 g/mol. The standard InChI is InChI=1S/C12H16BrNO2S2/c1-18(15,16)12-9-17-7-6-14(12)11-4-2-10(8-13)3-5-11/h2-5,12H,6-9H2,1H3. The number of anilines is 1. The van der Waals surface area contributed by atoms with Crippen LogP contribution in [-0.4, -0.2) is 38.1 Å². The molecule has 0 radical (unpaired) electrons. The summed E-state index contributed by atoms with van der Waals surface area (Å²) in [4.78, 5) is 2.00. The molecule has 1 fully saturated rings. The lowest BCUT2D eigenvalue weighted by molar-refractivity contribution is 0.584. The van der Waals surface area contributed by atoms with Gasteiger partial charge in [-0.25, -0.2) is 8.42 Å². The predicted molar refractivity (Wildman–Crippen MR) is 82.4 cm³/mol. The van der Waals surface area contributed by atoms with E-state index in [2.05, 4.69) is 15.9 Å². The fourth-order valence-electron chi connectivity index (χ4n) is 2.01. The molecule has 1 aliphatic heterocycles. The molecule has 18 heavy (non-hydrogen) atoms. The fraction of sp³-hybridized carbons (Fsp3) is 0.500. The molecule has 1 aromatic rings. The zero-order valence-electron chi connectivity index (χ0n) is 10.2. The molecule has 0 amide bonds. The number of hydrogen-bond acceptors (Lipinski definition) is 4. The summed E-state index contributed by atoms with van der Waals surface area (Å²) in [5.41, 5.74) is 2.19. The highest BCUT2D eigenvalue weighted by Crippen LogP contribution is 2.27. The van der Waals surface area contributed by atoms with Gasteiger partial charge in [0.2, 0.25) is 0 Å². The van der Waals surface area contributed by atoms with Gasteiger partial charge in [-0.15, -0.1) is 0 Å². The highest BCUT2D eigenvalue weighted by atomic mass is 79.9. The maximum Gasteiger partial charge on any atom is 0.169 e. The summed E-state index contributed by atoms with van der Waals surface area (Å²) in [6.45, 7) is 0.788. The molecule has 1 aromatic carbocycles. The third-order valence-corrected chi connectivity index (χ3v) is 6.29. The second-order valence-corrected chi connectivity index (χ2v) is 8.27. The summed E-state index contributed by atoms with van der Waals surface area (Å²) in [6.07, 6.45) is 1.32.